The number of halogens is 1. The fourth-order valence-electron chi connectivity index (χ4n) is 2.94. The quantitative estimate of drug-likeness (QED) is 0.886. The lowest BCUT2D eigenvalue weighted by Crippen LogP contribution is -2.39. The van der Waals surface area contributed by atoms with E-state index in [1.165, 1.54) is 25.1 Å². The normalized spacial score (nSPS) is 15.9. The number of pyridine rings is 1. The predicted octanol–water partition coefficient (Wildman–Crippen LogP) is 3.18. The molecule has 1 aliphatic rings. The van der Waals surface area contributed by atoms with E-state index in [0.717, 1.165) is 31.4 Å². The van der Waals surface area contributed by atoms with Crippen LogP contribution < -0.4 is 10.6 Å². The highest BCUT2D eigenvalue weighted by molar-refractivity contribution is 5.89. The van der Waals surface area contributed by atoms with Crippen molar-refractivity contribution in [1.29, 1.82) is 0 Å². The van der Waals surface area contributed by atoms with Crippen molar-refractivity contribution in [2.24, 2.45) is 0 Å². The Balaban J connectivity index is 1.68. The molecule has 1 aromatic carbocycles. The molecule has 1 fully saturated rings. The molecule has 2 N–H and O–H groups in total. The van der Waals surface area contributed by atoms with Crippen LogP contribution in [-0.2, 0) is 0 Å². The topological polar surface area (TPSA) is 57.3 Å². The van der Waals surface area contributed by atoms with Crippen molar-refractivity contribution < 1.29 is 9.18 Å². The van der Waals surface area contributed by atoms with Gasteiger partial charge in [-0.1, -0.05) is 30.3 Å². The lowest BCUT2D eigenvalue weighted by Gasteiger charge is -2.25. The van der Waals surface area contributed by atoms with Crippen molar-refractivity contribution in [2.45, 2.75) is 18.9 Å². The molecular weight excluding hydrogens is 307 g/mol. The molecule has 1 aromatic heterocycles. The molecule has 0 spiro atoms. The molecule has 3 rings (SSSR count). The second-order valence-corrected chi connectivity index (χ2v) is 5.92. The Morgan fingerprint density at radius 3 is 2.67 bits per heavy atom. The Labute approximate surface area is 140 Å². The Bertz CT molecular complexity index is 674. The third-order valence-electron chi connectivity index (χ3n) is 4.17. The molecule has 0 aliphatic carbocycles. The molecule has 1 saturated heterocycles. The number of hydrogen-bond acceptors (Lipinski definition) is 3. The molecule has 0 bridgehead atoms. The summed E-state index contributed by atoms with van der Waals surface area (Å²) in [4.78, 5) is 18.3. The highest BCUT2D eigenvalue weighted by atomic mass is 19.1. The summed E-state index contributed by atoms with van der Waals surface area (Å²) in [6.07, 6.45) is 4.90. The third kappa shape index (κ3) is 4.29. The van der Waals surface area contributed by atoms with Gasteiger partial charge in [-0.05, 0) is 37.6 Å². The number of carbonyl (C=O) groups is 1. The maximum Gasteiger partial charge on any atom is 0.319 e. The second-order valence-electron chi connectivity index (χ2n) is 5.92. The number of nitrogens with zero attached hydrogens (tertiary/aromatic N) is 2. The molecule has 0 unspecified atom stereocenters. The smallest absolute Gasteiger partial charge is 0.319 e. The first-order valence-corrected chi connectivity index (χ1v) is 8.17. The van der Waals surface area contributed by atoms with Gasteiger partial charge in [0.15, 0.2) is 5.82 Å². The van der Waals surface area contributed by atoms with E-state index in [1.54, 1.807) is 0 Å². The molecule has 24 heavy (non-hydrogen) atoms. The molecule has 1 atom stereocenters. The Morgan fingerprint density at radius 2 is 1.96 bits per heavy atom. The van der Waals surface area contributed by atoms with E-state index in [9.17, 15) is 9.18 Å². The highest BCUT2D eigenvalue weighted by Gasteiger charge is 2.21. The molecular formula is C18H21FN4O. The van der Waals surface area contributed by atoms with Gasteiger partial charge >= 0.3 is 6.03 Å². The van der Waals surface area contributed by atoms with Gasteiger partial charge in [-0.2, -0.15) is 0 Å². The van der Waals surface area contributed by atoms with Crippen LogP contribution in [0.5, 0.6) is 0 Å². The zero-order valence-corrected chi connectivity index (χ0v) is 13.4. The predicted molar refractivity (Wildman–Crippen MR) is 91.2 cm³/mol. The van der Waals surface area contributed by atoms with Crippen molar-refractivity contribution in [2.75, 3.05) is 25.0 Å². The number of urea groups is 1. The fraction of sp³-hybridized carbons (Fsp3) is 0.333. The van der Waals surface area contributed by atoms with Crippen molar-refractivity contribution in [3.05, 3.63) is 60.2 Å². The lowest BCUT2D eigenvalue weighted by atomic mass is 10.1. The zero-order valence-electron chi connectivity index (χ0n) is 13.4. The van der Waals surface area contributed by atoms with Crippen LogP contribution in [0.2, 0.25) is 0 Å². The summed E-state index contributed by atoms with van der Waals surface area (Å²) in [6.45, 7) is 2.84. The van der Waals surface area contributed by atoms with Crippen LogP contribution in [-0.4, -0.2) is 35.5 Å². The number of anilines is 1. The number of carbonyl (C=O) groups excluding carboxylic acids is 1. The van der Waals surface area contributed by atoms with Crippen LogP contribution >= 0.6 is 0 Å². The van der Waals surface area contributed by atoms with Gasteiger partial charge in [0.05, 0.1) is 17.9 Å². The molecule has 126 valence electrons. The van der Waals surface area contributed by atoms with Crippen LogP contribution in [0.4, 0.5) is 14.9 Å². The number of rotatable bonds is 5. The monoisotopic (exact) mass is 328 g/mol. The van der Waals surface area contributed by atoms with Crippen LogP contribution in [0.3, 0.4) is 0 Å². The largest absolute Gasteiger partial charge is 0.330 e. The Hall–Kier alpha value is -2.47. The average molecular weight is 328 g/mol. The number of hydrogen-bond donors (Lipinski definition) is 2. The first-order valence-electron chi connectivity index (χ1n) is 8.17. The SMILES string of the molecule is O=C(Nc1ccncc1F)N[C@@H](CN1CCCC1)c1ccccc1. The van der Waals surface area contributed by atoms with E-state index < -0.39 is 11.8 Å². The van der Waals surface area contributed by atoms with E-state index in [0.29, 0.717) is 0 Å². The minimum atomic E-state index is -0.552. The molecule has 0 saturated carbocycles. The standard InChI is InChI=1S/C18H21FN4O/c19-15-12-20-9-8-16(15)21-18(24)22-17(13-23-10-4-5-11-23)14-6-2-1-3-7-14/h1-3,6-9,12,17H,4-5,10-11,13H2,(H2,20,21,22,24)/t17-/m0/s1. The first kappa shape index (κ1) is 16.4. The zero-order chi connectivity index (χ0) is 16.8. The third-order valence-corrected chi connectivity index (χ3v) is 4.17. The summed E-state index contributed by atoms with van der Waals surface area (Å²) in [5.74, 6) is -0.552. The van der Waals surface area contributed by atoms with Gasteiger partial charge in [-0.3, -0.25) is 4.98 Å². The molecule has 5 nitrogen and oxygen atoms in total. The van der Waals surface area contributed by atoms with Gasteiger partial charge in [0, 0.05) is 12.7 Å². The first-order chi connectivity index (χ1) is 11.7. The minimum Gasteiger partial charge on any atom is -0.330 e. The second kappa shape index (κ2) is 7.88. The van der Waals surface area contributed by atoms with Gasteiger partial charge in [0.2, 0.25) is 0 Å². The molecule has 2 amide bonds. The van der Waals surface area contributed by atoms with Gasteiger partial charge < -0.3 is 15.5 Å². The number of aromatic nitrogens is 1. The summed E-state index contributed by atoms with van der Waals surface area (Å²) < 4.78 is 13.6. The Kier molecular flexibility index (Phi) is 5.38. The summed E-state index contributed by atoms with van der Waals surface area (Å²) in [5, 5.41) is 5.51. The van der Waals surface area contributed by atoms with Crippen LogP contribution in [0.1, 0.15) is 24.4 Å². The summed E-state index contributed by atoms with van der Waals surface area (Å²) >= 11 is 0. The van der Waals surface area contributed by atoms with Crippen molar-refractivity contribution in [3.63, 3.8) is 0 Å². The molecule has 2 aromatic rings. The summed E-state index contributed by atoms with van der Waals surface area (Å²) in [5.41, 5.74) is 1.16. The Morgan fingerprint density at radius 1 is 1.21 bits per heavy atom. The average Bonchev–Trinajstić information content (AvgIpc) is 3.10. The molecule has 1 aliphatic heterocycles. The number of benzene rings is 1. The van der Waals surface area contributed by atoms with Gasteiger partial charge in [-0.25, -0.2) is 9.18 Å². The molecule has 6 heteroatoms. The van der Waals surface area contributed by atoms with Crippen molar-refractivity contribution in [3.8, 4) is 0 Å². The van der Waals surface area contributed by atoms with Gasteiger partial charge in [-0.15, -0.1) is 0 Å². The summed E-state index contributed by atoms with van der Waals surface area (Å²) in [6, 6.07) is 10.7. The van der Waals surface area contributed by atoms with Crippen molar-refractivity contribution >= 4 is 11.7 Å². The molecule has 2 heterocycles. The summed E-state index contributed by atoms with van der Waals surface area (Å²) in [7, 11) is 0. The van der Waals surface area contributed by atoms with E-state index in [4.69, 9.17) is 0 Å². The maximum atomic E-state index is 13.6. The van der Waals surface area contributed by atoms with Gasteiger partial charge in [0.25, 0.3) is 0 Å². The number of amides is 2. The fourth-order valence-corrected chi connectivity index (χ4v) is 2.94. The number of likely N-dealkylation sites (tertiary alicyclic amines) is 1. The van der Waals surface area contributed by atoms with Crippen LogP contribution in [0, 0.1) is 5.82 Å². The van der Waals surface area contributed by atoms with Crippen LogP contribution in [0.15, 0.2) is 48.8 Å². The van der Waals surface area contributed by atoms with E-state index >= 15 is 0 Å². The maximum absolute atomic E-state index is 13.6. The van der Waals surface area contributed by atoms with Crippen molar-refractivity contribution in [1.82, 2.24) is 15.2 Å². The van der Waals surface area contributed by atoms with E-state index in [-0.39, 0.29) is 11.7 Å². The molecule has 0 radical (unpaired) electrons. The van der Waals surface area contributed by atoms with E-state index in [2.05, 4.69) is 20.5 Å². The highest BCUT2D eigenvalue weighted by Crippen LogP contribution is 2.18. The van der Waals surface area contributed by atoms with E-state index in [1.807, 2.05) is 30.3 Å². The lowest BCUT2D eigenvalue weighted by molar-refractivity contribution is 0.240. The number of nitrogens with one attached hydrogen (secondary N) is 2. The minimum absolute atomic E-state index is 0.121. The van der Waals surface area contributed by atoms with Gasteiger partial charge in [0.1, 0.15) is 0 Å². The van der Waals surface area contributed by atoms with Crippen LogP contribution in [0.25, 0.3) is 0 Å².